The van der Waals surface area contributed by atoms with Gasteiger partial charge in [-0.15, -0.1) is 0 Å². The van der Waals surface area contributed by atoms with Crippen LogP contribution in [0.2, 0.25) is 0 Å². The number of methoxy groups -OCH3 is 1. The third kappa shape index (κ3) is 6.21. The molecule has 0 spiro atoms. The Bertz CT molecular complexity index is 909. The van der Waals surface area contributed by atoms with E-state index in [2.05, 4.69) is 10.1 Å². The van der Waals surface area contributed by atoms with Crippen LogP contribution in [0.4, 0.5) is 8.78 Å². The number of carbonyl (C=O) groups is 1. The van der Waals surface area contributed by atoms with Crippen molar-refractivity contribution in [1.82, 2.24) is 10.2 Å². The fourth-order valence-electron chi connectivity index (χ4n) is 3.32. The van der Waals surface area contributed by atoms with Crippen molar-refractivity contribution < 1.29 is 32.5 Å². The summed E-state index contributed by atoms with van der Waals surface area (Å²) in [5.74, 6) is 1.41. The molecule has 0 bridgehead atoms. The Kier molecular flexibility index (Phi) is 7.51. The Morgan fingerprint density at radius 3 is 2.58 bits per heavy atom. The van der Waals surface area contributed by atoms with Crippen LogP contribution in [0.3, 0.4) is 0 Å². The van der Waals surface area contributed by atoms with E-state index in [0.717, 1.165) is 11.1 Å². The molecular formula is C22H26F2N2O5. The molecule has 0 unspecified atom stereocenters. The van der Waals surface area contributed by atoms with Crippen molar-refractivity contribution in [2.45, 2.75) is 26.1 Å². The number of amides is 1. The van der Waals surface area contributed by atoms with Crippen LogP contribution in [0.1, 0.15) is 24.1 Å². The number of benzene rings is 2. The quantitative estimate of drug-likeness (QED) is 0.650. The van der Waals surface area contributed by atoms with Gasteiger partial charge in [-0.2, -0.15) is 8.78 Å². The zero-order valence-electron chi connectivity index (χ0n) is 17.7. The molecule has 1 aliphatic rings. The van der Waals surface area contributed by atoms with Gasteiger partial charge in [0, 0.05) is 6.54 Å². The van der Waals surface area contributed by atoms with Crippen LogP contribution in [0, 0.1) is 0 Å². The Hall–Kier alpha value is -3.07. The van der Waals surface area contributed by atoms with Crippen molar-refractivity contribution >= 4 is 5.91 Å². The summed E-state index contributed by atoms with van der Waals surface area (Å²) in [7, 11) is 3.18. The summed E-state index contributed by atoms with van der Waals surface area (Å²) in [6, 6.07) is 10.1. The first kappa shape index (κ1) is 22.6. The highest BCUT2D eigenvalue weighted by atomic mass is 19.3. The van der Waals surface area contributed by atoms with E-state index in [1.807, 2.05) is 30.0 Å². The fourth-order valence-corrected chi connectivity index (χ4v) is 3.32. The van der Waals surface area contributed by atoms with Gasteiger partial charge in [-0.05, 0) is 49.4 Å². The minimum atomic E-state index is -2.93. The molecule has 1 heterocycles. The molecule has 0 radical (unpaired) electrons. The van der Waals surface area contributed by atoms with Gasteiger partial charge in [0.2, 0.25) is 5.91 Å². The molecule has 1 N–H and O–H groups in total. The molecule has 1 amide bonds. The molecule has 0 saturated carbocycles. The van der Waals surface area contributed by atoms with Crippen LogP contribution in [0.25, 0.3) is 0 Å². The van der Waals surface area contributed by atoms with Crippen LogP contribution in [0.15, 0.2) is 36.4 Å². The van der Waals surface area contributed by atoms with E-state index in [0.29, 0.717) is 31.3 Å². The van der Waals surface area contributed by atoms with E-state index < -0.39 is 6.61 Å². The summed E-state index contributed by atoms with van der Waals surface area (Å²) in [6.07, 6.45) is 0. The van der Waals surface area contributed by atoms with Crippen molar-refractivity contribution in [2.24, 2.45) is 0 Å². The van der Waals surface area contributed by atoms with Crippen LogP contribution in [-0.4, -0.2) is 51.3 Å². The Morgan fingerprint density at radius 1 is 1.13 bits per heavy atom. The lowest BCUT2D eigenvalue weighted by Crippen LogP contribution is -2.36. The standard InChI is InChI=1S/C22H26F2N2O5/c1-14(16-5-7-17-20(11-16)30-9-8-29-17)25-21(27)13-26(2)12-15-4-6-18(31-22(23)24)19(10-15)28-3/h4-7,10-11,14,22H,8-9,12-13H2,1-3H3,(H,25,27)/t14-/m1/s1. The predicted molar refractivity (Wildman–Crippen MR) is 110 cm³/mol. The fraction of sp³-hybridized carbons (Fsp3) is 0.409. The van der Waals surface area contributed by atoms with Crippen molar-refractivity contribution in [3.63, 3.8) is 0 Å². The van der Waals surface area contributed by atoms with Gasteiger partial charge in [-0.25, -0.2) is 0 Å². The lowest BCUT2D eigenvalue weighted by molar-refractivity contribution is -0.122. The molecular weight excluding hydrogens is 410 g/mol. The molecule has 2 aromatic carbocycles. The second-order valence-corrected chi connectivity index (χ2v) is 7.23. The second-order valence-electron chi connectivity index (χ2n) is 7.23. The molecule has 0 fully saturated rings. The number of fused-ring (bicyclic) bond motifs is 1. The number of alkyl halides is 2. The number of hydrogen-bond donors (Lipinski definition) is 1. The molecule has 1 aliphatic heterocycles. The topological polar surface area (TPSA) is 69.3 Å². The Balaban J connectivity index is 1.54. The van der Waals surface area contributed by atoms with Gasteiger partial charge in [0.05, 0.1) is 19.7 Å². The third-order valence-electron chi connectivity index (χ3n) is 4.75. The second kappa shape index (κ2) is 10.3. The van der Waals surface area contributed by atoms with Gasteiger partial charge < -0.3 is 24.3 Å². The molecule has 168 valence electrons. The van der Waals surface area contributed by atoms with Crippen molar-refractivity contribution in [3.05, 3.63) is 47.5 Å². The molecule has 1 atom stereocenters. The van der Waals surface area contributed by atoms with Gasteiger partial charge in [-0.1, -0.05) is 12.1 Å². The monoisotopic (exact) mass is 436 g/mol. The Labute approximate surface area is 179 Å². The van der Waals surface area contributed by atoms with Gasteiger partial charge in [0.1, 0.15) is 13.2 Å². The highest BCUT2D eigenvalue weighted by Crippen LogP contribution is 2.32. The maximum Gasteiger partial charge on any atom is 0.387 e. The van der Waals surface area contributed by atoms with E-state index in [9.17, 15) is 13.6 Å². The molecule has 2 aromatic rings. The summed E-state index contributed by atoms with van der Waals surface area (Å²) in [5.41, 5.74) is 1.72. The van der Waals surface area contributed by atoms with Crippen LogP contribution >= 0.6 is 0 Å². The van der Waals surface area contributed by atoms with E-state index >= 15 is 0 Å². The zero-order valence-corrected chi connectivity index (χ0v) is 17.7. The Morgan fingerprint density at radius 2 is 1.87 bits per heavy atom. The lowest BCUT2D eigenvalue weighted by Gasteiger charge is -2.22. The van der Waals surface area contributed by atoms with Crippen molar-refractivity contribution in [2.75, 3.05) is 33.9 Å². The first-order valence-corrected chi connectivity index (χ1v) is 9.85. The highest BCUT2D eigenvalue weighted by Gasteiger charge is 2.17. The highest BCUT2D eigenvalue weighted by molar-refractivity contribution is 5.78. The largest absolute Gasteiger partial charge is 0.493 e. The maximum atomic E-state index is 12.5. The van der Waals surface area contributed by atoms with Gasteiger partial charge in [0.15, 0.2) is 23.0 Å². The smallest absolute Gasteiger partial charge is 0.387 e. The number of carbonyl (C=O) groups excluding carboxylic acids is 1. The first-order valence-electron chi connectivity index (χ1n) is 9.85. The van der Waals surface area contributed by atoms with E-state index in [4.69, 9.17) is 14.2 Å². The van der Waals surface area contributed by atoms with Crippen molar-refractivity contribution in [1.29, 1.82) is 0 Å². The molecule has 7 nitrogen and oxygen atoms in total. The van der Waals surface area contributed by atoms with E-state index in [1.165, 1.54) is 13.2 Å². The average molecular weight is 436 g/mol. The van der Waals surface area contributed by atoms with Crippen molar-refractivity contribution in [3.8, 4) is 23.0 Å². The molecule has 3 rings (SSSR count). The average Bonchev–Trinajstić information content (AvgIpc) is 2.73. The summed E-state index contributed by atoms with van der Waals surface area (Å²) in [5, 5.41) is 2.97. The van der Waals surface area contributed by atoms with Crippen LogP contribution in [0.5, 0.6) is 23.0 Å². The zero-order chi connectivity index (χ0) is 22.4. The predicted octanol–water partition coefficient (Wildman–Crippen LogP) is 3.38. The molecule has 0 aliphatic carbocycles. The minimum Gasteiger partial charge on any atom is -0.493 e. The number of nitrogens with one attached hydrogen (secondary N) is 1. The molecule has 0 saturated heterocycles. The third-order valence-corrected chi connectivity index (χ3v) is 4.75. The summed E-state index contributed by atoms with van der Waals surface area (Å²) >= 11 is 0. The molecule has 9 heteroatoms. The van der Waals surface area contributed by atoms with Gasteiger partial charge in [-0.3, -0.25) is 9.69 Å². The summed E-state index contributed by atoms with van der Waals surface area (Å²) in [6.45, 7) is 0.586. The number of ether oxygens (including phenoxy) is 4. The lowest BCUT2D eigenvalue weighted by atomic mass is 10.1. The molecule has 31 heavy (non-hydrogen) atoms. The normalized spacial score (nSPS) is 13.8. The first-order chi connectivity index (χ1) is 14.9. The summed E-state index contributed by atoms with van der Waals surface area (Å²) < 4.78 is 45.6. The maximum absolute atomic E-state index is 12.5. The number of halogens is 2. The number of hydrogen-bond acceptors (Lipinski definition) is 6. The summed E-state index contributed by atoms with van der Waals surface area (Å²) in [4.78, 5) is 14.3. The van der Waals surface area contributed by atoms with Crippen LogP contribution < -0.4 is 24.3 Å². The SMILES string of the molecule is COc1cc(CN(C)CC(=O)N[C@H](C)c2ccc3c(c2)OCCO3)ccc1OC(F)F. The molecule has 0 aromatic heterocycles. The number of rotatable bonds is 9. The van der Waals surface area contributed by atoms with E-state index in [-0.39, 0.29) is 30.0 Å². The number of nitrogens with zero attached hydrogens (tertiary/aromatic N) is 1. The number of likely N-dealkylation sites (N-methyl/N-ethyl adjacent to an activating group) is 1. The minimum absolute atomic E-state index is 0.0325. The van der Waals surface area contributed by atoms with Gasteiger partial charge in [0.25, 0.3) is 0 Å². The van der Waals surface area contributed by atoms with Crippen LogP contribution in [-0.2, 0) is 11.3 Å². The van der Waals surface area contributed by atoms with E-state index in [1.54, 1.807) is 19.2 Å². The van der Waals surface area contributed by atoms with Gasteiger partial charge >= 0.3 is 6.61 Å².